The molecule has 0 bridgehead atoms. The van der Waals surface area contributed by atoms with Crippen molar-refractivity contribution >= 4 is 41.8 Å². The minimum Gasteiger partial charge on any atom is -0.463 e. The monoisotopic (exact) mass is 636 g/mol. The Bertz CT molecular complexity index is 1090. The highest BCUT2D eigenvalue weighted by Crippen LogP contribution is 2.34. The van der Waals surface area contributed by atoms with Crippen LogP contribution in [0.2, 0.25) is 0 Å². The lowest BCUT2D eigenvalue weighted by Gasteiger charge is -2.48. The van der Waals surface area contributed by atoms with Gasteiger partial charge in [0.2, 0.25) is 0 Å². The summed E-state index contributed by atoms with van der Waals surface area (Å²) in [5.41, 5.74) is 0. The van der Waals surface area contributed by atoms with Gasteiger partial charge in [0, 0.05) is 48.5 Å². The number of carbonyl (C=O) groups is 7. The maximum absolute atomic E-state index is 12.2. The lowest BCUT2D eigenvalue weighted by molar-refractivity contribution is -0.357. The zero-order valence-corrected chi connectivity index (χ0v) is 25.1. The second-order valence-corrected chi connectivity index (χ2v) is 9.68. The average Bonchev–Trinajstić information content (AvgIpc) is 2.87. The molecule has 2 aliphatic rings. The van der Waals surface area contributed by atoms with E-state index in [9.17, 15) is 38.7 Å². The van der Waals surface area contributed by atoms with Crippen molar-refractivity contribution in [1.82, 2.24) is 0 Å². The van der Waals surface area contributed by atoms with Gasteiger partial charge >= 0.3 is 41.8 Å². The predicted molar refractivity (Wildman–Crippen MR) is 135 cm³/mol. The molecule has 2 heterocycles. The van der Waals surface area contributed by atoms with Crippen molar-refractivity contribution in [3.05, 3.63) is 0 Å². The Labute approximate surface area is 251 Å². The van der Waals surface area contributed by atoms with Crippen LogP contribution in [0.25, 0.3) is 0 Å². The largest absolute Gasteiger partial charge is 0.463 e. The molecule has 1 N–H and O–H groups in total. The van der Waals surface area contributed by atoms with Crippen molar-refractivity contribution in [2.75, 3.05) is 13.2 Å². The van der Waals surface area contributed by atoms with Crippen molar-refractivity contribution in [2.24, 2.45) is 0 Å². The molecular formula is C26H36O18. The maximum atomic E-state index is 12.2. The van der Waals surface area contributed by atoms with Crippen molar-refractivity contribution in [1.29, 1.82) is 0 Å². The fraction of sp³-hybridized carbons (Fsp3) is 0.731. The summed E-state index contributed by atoms with van der Waals surface area (Å²) in [5.74, 6) is -6.03. The molecule has 18 heteroatoms. The van der Waals surface area contributed by atoms with Crippen LogP contribution in [0.15, 0.2) is 0 Å². The fourth-order valence-corrected chi connectivity index (χ4v) is 4.49. The number of hydrogen-bond donors (Lipinski definition) is 1. The van der Waals surface area contributed by atoms with Crippen LogP contribution in [0.1, 0.15) is 48.5 Å². The Morgan fingerprint density at radius 3 is 1.27 bits per heavy atom. The third-order valence-corrected chi connectivity index (χ3v) is 5.90. The topological polar surface area (TPSA) is 232 Å². The summed E-state index contributed by atoms with van der Waals surface area (Å²) in [7, 11) is 0. The number of aliphatic hydroxyl groups is 1. The number of ether oxygens (including phenoxy) is 10. The van der Waals surface area contributed by atoms with E-state index >= 15 is 0 Å². The van der Waals surface area contributed by atoms with Gasteiger partial charge in [0.15, 0.2) is 43.1 Å². The van der Waals surface area contributed by atoms with Crippen molar-refractivity contribution in [3.63, 3.8) is 0 Å². The van der Waals surface area contributed by atoms with Crippen LogP contribution in [-0.2, 0) is 80.9 Å². The third kappa shape index (κ3) is 10.7. The summed E-state index contributed by atoms with van der Waals surface area (Å²) in [4.78, 5) is 83.5. The van der Waals surface area contributed by atoms with Gasteiger partial charge in [-0.1, -0.05) is 0 Å². The minimum atomic E-state index is -1.90. The number of aliphatic hydroxyl groups excluding tert-OH is 1. The fourth-order valence-electron chi connectivity index (χ4n) is 4.49. The molecule has 44 heavy (non-hydrogen) atoms. The van der Waals surface area contributed by atoms with Gasteiger partial charge < -0.3 is 52.5 Å². The molecule has 2 rings (SSSR count). The van der Waals surface area contributed by atoms with Gasteiger partial charge in [-0.25, -0.2) is 0 Å². The maximum Gasteiger partial charge on any atom is 0.303 e. The summed E-state index contributed by atoms with van der Waals surface area (Å²) in [5, 5.41) is 10.6. The molecule has 10 atom stereocenters. The molecule has 0 amide bonds. The molecular weight excluding hydrogens is 600 g/mol. The predicted octanol–water partition coefficient (Wildman–Crippen LogP) is -1.40. The highest BCUT2D eigenvalue weighted by atomic mass is 16.8. The molecule has 0 saturated carbocycles. The molecule has 0 aliphatic carbocycles. The van der Waals surface area contributed by atoms with E-state index in [0.717, 1.165) is 48.5 Å². The Morgan fingerprint density at radius 2 is 0.841 bits per heavy atom. The summed E-state index contributed by atoms with van der Waals surface area (Å²) >= 11 is 0. The average molecular weight is 637 g/mol. The van der Waals surface area contributed by atoms with E-state index in [4.69, 9.17) is 47.4 Å². The standard InChI is InChI=1S/C26H36O18/c1-10(27)35-8-17-20(21(38-13(4)30)23(25(34)42-17)40-15(6)32)44-26-24(41-16(7)33)22(39-14(5)31)19(37-12(3)29)18(43-26)9-36-11(2)28/h17-26,34H,8-9H2,1-7H3/t17?,18?,19-,20-,21+,22+,23+,24+,25-,26+/m1/s1. The van der Waals surface area contributed by atoms with E-state index in [1.807, 2.05) is 0 Å². The SMILES string of the molecule is CC(=O)OCC1O[C@@H](O[C@@H]2C(COC(C)=O)O[C@@H](O)[C@@H](OC(C)=O)[C@H]2OC(C)=O)[C@@H](OC(C)=O)[C@@H](OC(C)=O)[C@@H]1OC(C)=O. The second-order valence-electron chi connectivity index (χ2n) is 9.68. The van der Waals surface area contributed by atoms with E-state index in [-0.39, 0.29) is 0 Å². The van der Waals surface area contributed by atoms with Crippen molar-refractivity contribution in [3.8, 4) is 0 Å². The van der Waals surface area contributed by atoms with Crippen LogP contribution in [0.3, 0.4) is 0 Å². The smallest absolute Gasteiger partial charge is 0.303 e. The molecule has 2 fully saturated rings. The number of esters is 7. The number of hydrogen-bond acceptors (Lipinski definition) is 18. The highest BCUT2D eigenvalue weighted by molar-refractivity contribution is 5.69. The van der Waals surface area contributed by atoms with E-state index in [0.29, 0.717) is 0 Å². The summed E-state index contributed by atoms with van der Waals surface area (Å²) in [6.07, 6.45) is -16.3. The Hall–Kier alpha value is -3.87. The summed E-state index contributed by atoms with van der Waals surface area (Å²) in [6.45, 7) is 6.11. The third-order valence-electron chi connectivity index (χ3n) is 5.90. The highest BCUT2D eigenvalue weighted by Gasteiger charge is 2.57. The van der Waals surface area contributed by atoms with Crippen molar-refractivity contribution in [2.45, 2.75) is 110 Å². The molecule has 2 saturated heterocycles. The molecule has 2 aliphatic heterocycles. The van der Waals surface area contributed by atoms with Gasteiger partial charge in [-0.3, -0.25) is 33.6 Å². The molecule has 0 aromatic carbocycles. The van der Waals surface area contributed by atoms with Gasteiger partial charge in [-0.05, 0) is 0 Å². The van der Waals surface area contributed by atoms with Gasteiger partial charge in [0.1, 0.15) is 31.5 Å². The first-order valence-electron chi connectivity index (χ1n) is 13.3. The van der Waals surface area contributed by atoms with Crippen LogP contribution in [0.4, 0.5) is 0 Å². The van der Waals surface area contributed by atoms with Crippen LogP contribution in [-0.4, -0.2) is 122 Å². The molecule has 2 unspecified atom stereocenters. The second kappa shape index (κ2) is 16.3. The van der Waals surface area contributed by atoms with Crippen LogP contribution in [0.5, 0.6) is 0 Å². The molecule has 0 radical (unpaired) electrons. The molecule has 0 aromatic heterocycles. The first-order chi connectivity index (χ1) is 20.5. The van der Waals surface area contributed by atoms with Gasteiger partial charge in [0.25, 0.3) is 0 Å². The summed E-state index contributed by atoms with van der Waals surface area (Å²) < 4.78 is 54.1. The molecule has 0 spiro atoms. The van der Waals surface area contributed by atoms with Gasteiger partial charge in [-0.15, -0.1) is 0 Å². The van der Waals surface area contributed by atoms with E-state index in [1.54, 1.807) is 0 Å². The van der Waals surface area contributed by atoms with Gasteiger partial charge in [0.05, 0.1) is 0 Å². The molecule has 248 valence electrons. The Balaban J connectivity index is 2.66. The lowest BCUT2D eigenvalue weighted by atomic mass is 9.96. The normalized spacial score (nSPS) is 31.5. The van der Waals surface area contributed by atoms with E-state index in [1.165, 1.54) is 0 Å². The molecule has 0 aromatic rings. The van der Waals surface area contributed by atoms with Crippen LogP contribution in [0, 0.1) is 0 Å². The van der Waals surface area contributed by atoms with Crippen LogP contribution >= 0.6 is 0 Å². The first-order valence-corrected chi connectivity index (χ1v) is 13.3. The van der Waals surface area contributed by atoms with Gasteiger partial charge in [-0.2, -0.15) is 0 Å². The lowest BCUT2D eigenvalue weighted by Crippen LogP contribution is -2.67. The van der Waals surface area contributed by atoms with Crippen molar-refractivity contribution < 1.29 is 86.0 Å². The van der Waals surface area contributed by atoms with E-state index in [2.05, 4.69) is 0 Å². The Kier molecular flexibility index (Phi) is 13.4. The number of rotatable bonds is 11. The Morgan fingerprint density at radius 1 is 0.477 bits per heavy atom. The van der Waals surface area contributed by atoms with E-state index < -0.39 is 116 Å². The number of carbonyl (C=O) groups excluding carboxylic acids is 7. The summed E-state index contributed by atoms with van der Waals surface area (Å²) in [6, 6.07) is 0. The first kappa shape index (κ1) is 36.3. The van der Waals surface area contributed by atoms with Crippen LogP contribution < -0.4 is 0 Å². The minimum absolute atomic E-state index is 0.572. The quantitative estimate of drug-likeness (QED) is 0.203. The zero-order valence-electron chi connectivity index (χ0n) is 25.1. The molecule has 18 nitrogen and oxygen atoms in total. The zero-order chi connectivity index (χ0) is 33.3.